The standard InChI is InChI=1S/C9H19NO/c1-7(2)8(3)10-11-9(4,5)6/h7H,1-6H3/b10-8+. The van der Waals surface area contributed by atoms with E-state index in [-0.39, 0.29) is 5.60 Å². The van der Waals surface area contributed by atoms with Crippen molar-refractivity contribution in [2.75, 3.05) is 0 Å². The molecule has 0 aliphatic carbocycles. The largest absolute Gasteiger partial charge is 0.390 e. The summed E-state index contributed by atoms with van der Waals surface area (Å²) in [6.45, 7) is 12.2. The van der Waals surface area contributed by atoms with E-state index in [4.69, 9.17) is 4.84 Å². The third-order valence-electron chi connectivity index (χ3n) is 1.30. The molecule has 0 N–H and O–H groups in total. The second-order valence-corrected chi connectivity index (χ2v) is 4.09. The Bertz CT molecular complexity index is 142. The highest BCUT2D eigenvalue weighted by atomic mass is 16.6. The molecule has 0 heterocycles. The average Bonchev–Trinajstić information content (AvgIpc) is 1.80. The maximum atomic E-state index is 5.24. The van der Waals surface area contributed by atoms with Crippen molar-refractivity contribution >= 4 is 5.71 Å². The van der Waals surface area contributed by atoms with Crippen LogP contribution in [0.1, 0.15) is 41.5 Å². The van der Waals surface area contributed by atoms with E-state index in [1.807, 2.05) is 27.7 Å². The Morgan fingerprint density at radius 3 is 2.00 bits per heavy atom. The van der Waals surface area contributed by atoms with Crippen molar-refractivity contribution in [3.05, 3.63) is 0 Å². The van der Waals surface area contributed by atoms with Crippen LogP contribution in [-0.4, -0.2) is 11.3 Å². The van der Waals surface area contributed by atoms with Gasteiger partial charge in [0.15, 0.2) is 0 Å². The quantitative estimate of drug-likeness (QED) is 0.446. The number of oxime groups is 1. The molecular formula is C9H19NO. The van der Waals surface area contributed by atoms with E-state index in [1.54, 1.807) is 0 Å². The molecule has 0 spiro atoms. The molecule has 0 atom stereocenters. The minimum Gasteiger partial charge on any atom is -0.390 e. The van der Waals surface area contributed by atoms with Crippen molar-refractivity contribution in [3.63, 3.8) is 0 Å². The fourth-order valence-corrected chi connectivity index (χ4v) is 0.314. The molecule has 0 radical (unpaired) electrons. The molecule has 0 aliphatic rings. The Morgan fingerprint density at radius 2 is 1.73 bits per heavy atom. The van der Waals surface area contributed by atoms with Gasteiger partial charge in [0.2, 0.25) is 0 Å². The molecule has 0 aromatic heterocycles. The van der Waals surface area contributed by atoms with Crippen LogP contribution in [-0.2, 0) is 4.84 Å². The number of nitrogens with zero attached hydrogens (tertiary/aromatic N) is 1. The normalized spacial score (nSPS) is 13.9. The average molecular weight is 157 g/mol. The Labute approximate surface area is 69.6 Å². The van der Waals surface area contributed by atoms with Crippen molar-refractivity contribution in [1.29, 1.82) is 0 Å². The van der Waals surface area contributed by atoms with Gasteiger partial charge in [0, 0.05) is 0 Å². The van der Waals surface area contributed by atoms with Crippen LogP contribution in [0.3, 0.4) is 0 Å². The zero-order valence-electron chi connectivity index (χ0n) is 8.43. The Kier molecular flexibility index (Phi) is 3.56. The highest BCUT2D eigenvalue weighted by Gasteiger charge is 2.10. The molecule has 0 bridgehead atoms. The van der Waals surface area contributed by atoms with E-state index in [0.717, 1.165) is 5.71 Å². The highest BCUT2D eigenvalue weighted by Crippen LogP contribution is 2.08. The molecule has 11 heavy (non-hydrogen) atoms. The smallest absolute Gasteiger partial charge is 0.129 e. The van der Waals surface area contributed by atoms with Gasteiger partial charge in [0.05, 0.1) is 5.71 Å². The van der Waals surface area contributed by atoms with Crippen LogP contribution in [0.15, 0.2) is 5.16 Å². The Balaban J connectivity index is 3.93. The fourth-order valence-electron chi connectivity index (χ4n) is 0.314. The van der Waals surface area contributed by atoms with Crippen LogP contribution < -0.4 is 0 Å². The molecule has 0 aliphatic heterocycles. The van der Waals surface area contributed by atoms with Gasteiger partial charge in [0.25, 0.3) is 0 Å². The minimum absolute atomic E-state index is 0.170. The van der Waals surface area contributed by atoms with Crippen molar-refractivity contribution in [2.45, 2.75) is 47.1 Å². The first kappa shape index (κ1) is 10.5. The van der Waals surface area contributed by atoms with E-state index in [1.165, 1.54) is 0 Å². The lowest BCUT2D eigenvalue weighted by molar-refractivity contribution is 0.0000999. The van der Waals surface area contributed by atoms with Gasteiger partial charge in [-0.2, -0.15) is 0 Å². The van der Waals surface area contributed by atoms with Gasteiger partial charge in [-0.05, 0) is 33.6 Å². The first-order valence-corrected chi connectivity index (χ1v) is 4.05. The predicted molar refractivity (Wildman–Crippen MR) is 48.8 cm³/mol. The summed E-state index contributed by atoms with van der Waals surface area (Å²) >= 11 is 0. The maximum absolute atomic E-state index is 5.24. The van der Waals surface area contributed by atoms with Crippen LogP contribution in [0.4, 0.5) is 0 Å². The van der Waals surface area contributed by atoms with E-state index >= 15 is 0 Å². The van der Waals surface area contributed by atoms with Crippen molar-refractivity contribution in [2.24, 2.45) is 11.1 Å². The molecule has 0 fully saturated rings. The number of hydrogen-bond donors (Lipinski definition) is 0. The van der Waals surface area contributed by atoms with Gasteiger partial charge in [-0.15, -0.1) is 0 Å². The molecule has 0 aromatic carbocycles. The molecule has 0 saturated heterocycles. The third-order valence-corrected chi connectivity index (χ3v) is 1.30. The van der Waals surface area contributed by atoms with Gasteiger partial charge in [-0.1, -0.05) is 19.0 Å². The number of rotatable bonds is 2. The van der Waals surface area contributed by atoms with E-state index in [9.17, 15) is 0 Å². The second-order valence-electron chi connectivity index (χ2n) is 4.09. The topological polar surface area (TPSA) is 21.6 Å². The lowest BCUT2D eigenvalue weighted by atomic mass is 10.1. The van der Waals surface area contributed by atoms with Crippen molar-refractivity contribution in [3.8, 4) is 0 Å². The van der Waals surface area contributed by atoms with Crippen molar-refractivity contribution < 1.29 is 4.84 Å². The van der Waals surface area contributed by atoms with Crippen LogP contribution in [0.25, 0.3) is 0 Å². The fraction of sp³-hybridized carbons (Fsp3) is 0.889. The monoisotopic (exact) mass is 157 g/mol. The van der Waals surface area contributed by atoms with Gasteiger partial charge in [-0.25, -0.2) is 0 Å². The molecular weight excluding hydrogens is 138 g/mol. The summed E-state index contributed by atoms with van der Waals surface area (Å²) in [6, 6.07) is 0. The molecule has 2 heteroatoms. The summed E-state index contributed by atoms with van der Waals surface area (Å²) < 4.78 is 0. The van der Waals surface area contributed by atoms with Crippen LogP contribution in [0, 0.1) is 5.92 Å². The summed E-state index contributed by atoms with van der Waals surface area (Å²) in [5, 5.41) is 4.01. The van der Waals surface area contributed by atoms with Gasteiger partial charge in [0.1, 0.15) is 5.60 Å². The van der Waals surface area contributed by atoms with Gasteiger partial charge in [-0.3, -0.25) is 0 Å². The lowest BCUT2D eigenvalue weighted by Gasteiger charge is -2.16. The predicted octanol–water partition coefficient (Wildman–Crippen LogP) is 2.83. The molecule has 2 nitrogen and oxygen atoms in total. The zero-order valence-corrected chi connectivity index (χ0v) is 8.43. The van der Waals surface area contributed by atoms with Crippen molar-refractivity contribution in [1.82, 2.24) is 0 Å². The molecule has 0 unspecified atom stereocenters. The molecule has 0 saturated carbocycles. The summed E-state index contributed by atoms with van der Waals surface area (Å²) in [5.41, 5.74) is 0.871. The molecule has 66 valence electrons. The Hall–Kier alpha value is -0.530. The highest BCUT2D eigenvalue weighted by molar-refractivity contribution is 5.83. The lowest BCUT2D eigenvalue weighted by Crippen LogP contribution is -2.17. The number of hydrogen-bond acceptors (Lipinski definition) is 2. The first-order chi connectivity index (χ1) is 4.83. The van der Waals surface area contributed by atoms with Crippen LogP contribution in [0.5, 0.6) is 0 Å². The van der Waals surface area contributed by atoms with Gasteiger partial charge >= 0.3 is 0 Å². The van der Waals surface area contributed by atoms with E-state index in [2.05, 4.69) is 19.0 Å². The third kappa shape index (κ3) is 5.89. The summed E-state index contributed by atoms with van der Waals surface area (Å²) in [5.74, 6) is 0.470. The SMILES string of the molecule is C/C(=N\OC(C)(C)C)C(C)C. The second kappa shape index (κ2) is 3.74. The molecule has 0 aromatic rings. The van der Waals surface area contributed by atoms with E-state index < -0.39 is 0 Å². The molecule has 0 rings (SSSR count). The zero-order chi connectivity index (χ0) is 9.07. The van der Waals surface area contributed by atoms with Gasteiger partial charge < -0.3 is 4.84 Å². The summed E-state index contributed by atoms with van der Waals surface area (Å²) in [4.78, 5) is 5.24. The van der Waals surface area contributed by atoms with E-state index in [0.29, 0.717) is 5.92 Å². The van der Waals surface area contributed by atoms with Crippen LogP contribution >= 0.6 is 0 Å². The summed E-state index contributed by atoms with van der Waals surface area (Å²) in [6.07, 6.45) is 0. The summed E-state index contributed by atoms with van der Waals surface area (Å²) in [7, 11) is 0. The maximum Gasteiger partial charge on any atom is 0.129 e. The van der Waals surface area contributed by atoms with Crippen LogP contribution in [0.2, 0.25) is 0 Å². The molecule has 0 amide bonds. The Morgan fingerprint density at radius 1 is 1.27 bits per heavy atom. The first-order valence-electron chi connectivity index (χ1n) is 4.05. The minimum atomic E-state index is -0.170.